The lowest BCUT2D eigenvalue weighted by atomic mass is 10.1. The third kappa shape index (κ3) is 7.10. The molecular weight excluding hydrogens is 272 g/mol. The summed E-state index contributed by atoms with van der Waals surface area (Å²) < 4.78 is 0. The third-order valence-corrected chi connectivity index (χ3v) is 2.95. The van der Waals surface area contributed by atoms with E-state index in [0.717, 1.165) is 5.56 Å². The second-order valence-corrected chi connectivity index (χ2v) is 4.67. The van der Waals surface area contributed by atoms with Crippen LogP contribution >= 0.6 is 0 Å². The number of carbonyl (C=O) groups is 3. The summed E-state index contributed by atoms with van der Waals surface area (Å²) in [6.07, 6.45) is 0.540. The smallest absolute Gasteiger partial charge is 0.305 e. The average Bonchev–Trinajstić information content (AvgIpc) is 2.43. The first-order valence-corrected chi connectivity index (χ1v) is 6.77. The number of nitrogens with zero attached hydrogens (tertiary/aromatic N) is 1. The van der Waals surface area contributed by atoms with Crippen molar-refractivity contribution >= 4 is 17.8 Å². The van der Waals surface area contributed by atoms with Crippen LogP contribution < -0.4 is 5.32 Å². The second-order valence-electron chi connectivity index (χ2n) is 4.67. The van der Waals surface area contributed by atoms with Gasteiger partial charge in [-0.1, -0.05) is 30.3 Å². The highest BCUT2D eigenvalue weighted by molar-refractivity contribution is 5.84. The maximum atomic E-state index is 11.7. The molecule has 0 aliphatic rings. The highest BCUT2D eigenvalue weighted by atomic mass is 16.4. The van der Waals surface area contributed by atoms with Crippen LogP contribution in [0, 0.1) is 0 Å². The van der Waals surface area contributed by atoms with Gasteiger partial charge in [-0.05, 0) is 12.0 Å². The topological polar surface area (TPSA) is 86.7 Å². The molecule has 1 aromatic carbocycles. The lowest BCUT2D eigenvalue weighted by Crippen LogP contribution is -2.41. The predicted octanol–water partition coefficient (Wildman–Crippen LogP) is 0.668. The van der Waals surface area contributed by atoms with Crippen LogP contribution in [-0.4, -0.2) is 47.4 Å². The summed E-state index contributed by atoms with van der Waals surface area (Å²) in [5.41, 5.74) is 1.09. The Morgan fingerprint density at radius 2 is 1.86 bits per heavy atom. The number of hydrogen-bond donors (Lipinski definition) is 2. The van der Waals surface area contributed by atoms with Gasteiger partial charge in [0.1, 0.15) is 0 Å². The van der Waals surface area contributed by atoms with Crippen LogP contribution in [-0.2, 0) is 20.8 Å². The van der Waals surface area contributed by atoms with Crippen LogP contribution in [0.5, 0.6) is 0 Å². The van der Waals surface area contributed by atoms with E-state index < -0.39 is 5.97 Å². The molecule has 2 amide bonds. The molecule has 0 saturated heterocycles. The molecule has 1 rings (SSSR count). The molecule has 21 heavy (non-hydrogen) atoms. The minimum atomic E-state index is -0.970. The van der Waals surface area contributed by atoms with E-state index in [9.17, 15) is 14.4 Å². The van der Waals surface area contributed by atoms with Gasteiger partial charge in [-0.3, -0.25) is 14.4 Å². The molecule has 0 atom stereocenters. The third-order valence-electron chi connectivity index (χ3n) is 2.95. The molecule has 114 valence electrons. The van der Waals surface area contributed by atoms with Crippen LogP contribution in [0.25, 0.3) is 0 Å². The lowest BCUT2D eigenvalue weighted by Gasteiger charge is -2.20. The summed E-state index contributed by atoms with van der Waals surface area (Å²) >= 11 is 0. The van der Waals surface area contributed by atoms with E-state index in [2.05, 4.69) is 5.32 Å². The molecule has 0 bridgehead atoms. The Morgan fingerprint density at radius 3 is 2.43 bits per heavy atom. The van der Waals surface area contributed by atoms with Crippen molar-refractivity contribution in [3.63, 3.8) is 0 Å². The minimum absolute atomic E-state index is 0.0538. The molecule has 0 unspecified atom stereocenters. The number of carbonyl (C=O) groups excluding carboxylic acids is 2. The Balaban J connectivity index is 2.41. The fraction of sp³-hybridized carbons (Fsp3) is 0.400. The van der Waals surface area contributed by atoms with Crippen molar-refractivity contribution in [3.05, 3.63) is 35.9 Å². The molecule has 0 radical (unpaired) electrons. The molecule has 0 fully saturated rings. The molecule has 0 spiro atoms. The Morgan fingerprint density at radius 1 is 1.19 bits per heavy atom. The Labute approximate surface area is 123 Å². The molecule has 2 N–H and O–H groups in total. The van der Waals surface area contributed by atoms with Gasteiger partial charge >= 0.3 is 5.97 Å². The van der Waals surface area contributed by atoms with E-state index in [1.165, 1.54) is 11.8 Å². The van der Waals surface area contributed by atoms with E-state index in [0.29, 0.717) is 13.0 Å². The number of hydrogen-bond acceptors (Lipinski definition) is 3. The van der Waals surface area contributed by atoms with Crippen LogP contribution in [0.1, 0.15) is 18.9 Å². The standard InChI is InChI=1S/C15H20N2O4/c1-12(18)17(10-8-13-5-3-2-4-6-13)11-14(19)16-9-7-15(20)21/h2-6H,7-11H2,1H3,(H,16,19)(H,20,21). The number of carboxylic acids is 1. The fourth-order valence-corrected chi connectivity index (χ4v) is 1.79. The van der Waals surface area contributed by atoms with Crippen LogP contribution in [0.15, 0.2) is 30.3 Å². The van der Waals surface area contributed by atoms with Crippen molar-refractivity contribution < 1.29 is 19.5 Å². The van der Waals surface area contributed by atoms with Crippen molar-refractivity contribution in [2.24, 2.45) is 0 Å². The first-order chi connectivity index (χ1) is 9.99. The highest BCUT2D eigenvalue weighted by Crippen LogP contribution is 2.01. The maximum absolute atomic E-state index is 11.7. The first-order valence-electron chi connectivity index (χ1n) is 6.77. The second kappa shape index (κ2) is 8.73. The van der Waals surface area contributed by atoms with Crippen molar-refractivity contribution in [2.45, 2.75) is 19.8 Å². The van der Waals surface area contributed by atoms with E-state index in [1.807, 2.05) is 30.3 Å². The van der Waals surface area contributed by atoms with Crippen LogP contribution in [0.2, 0.25) is 0 Å². The molecule has 6 heteroatoms. The fourth-order valence-electron chi connectivity index (χ4n) is 1.79. The average molecular weight is 292 g/mol. The molecule has 0 heterocycles. The summed E-state index contributed by atoms with van der Waals surface area (Å²) in [4.78, 5) is 35.0. The van der Waals surface area contributed by atoms with Gasteiger partial charge in [-0.25, -0.2) is 0 Å². The Kier molecular flexibility index (Phi) is 6.94. The molecule has 0 aromatic heterocycles. The molecule has 0 aliphatic heterocycles. The van der Waals surface area contributed by atoms with Gasteiger partial charge in [0, 0.05) is 20.0 Å². The zero-order valence-corrected chi connectivity index (χ0v) is 12.0. The largest absolute Gasteiger partial charge is 0.481 e. The quantitative estimate of drug-likeness (QED) is 0.737. The normalized spacial score (nSPS) is 9.95. The summed E-state index contributed by atoms with van der Waals surface area (Å²) in [5, 5.41) is 11.0. The Bertz CT molecular complexity index is 488. The van der Waals surface area contributed by atoms with Crippen LogP contribution in [0.4, 0.5) is 0 Å². The van der Waals surface area contributed by atoms with Gasteiger partial charge in [0.25, 0.3) is 0 Å². The summed E-state index contributed by atoms with van der Waals surface area (Å²) in [6, 6.07) is 9.69. The van der Waals surface area contributed by atoms with Gasteiger partial charge in [-0.15, -0.1) is 0 Å². The number of carboxylic acid groups (broad SMARTS) is 1. The van der Waals surface area contributed by atoms with Gasteiger partial charge < -0.3 is 15.3 Å². The van der Waals surface area contributed by atoms with Crippen molar-refractivity contribution in [3.8, 4) is 0 Å². The minimum Gasteiger partial charge on any atom is -0.481 e. The number of rotatable bonds is 8. The van der Waals surface area contributed by atoms with Crippen molar-refractivity contribution in [2.75, 3.05) is 19.6 Å². The zero-order chi connectivity index (χ0) is 15.7. The first kappa shape index (κ1) is 16.7. The molecule has 1 aromatic rings. The van der Waals surface area contributed by atoms with Gasteiger partial charge in [0.2, 0.25) is 11.8 Å². The predicted molar refractivity (Wildman–Crippen MR) is 77.7 cm³/mol. The van der Waals surface area contributed by atoms with Gasteiger partial charge in [-0.2, -0.15) is 0 Å². The lowest BCUT2D eigenvalue weighted by molar-refractivity contribution is -0.137. The van der Waals surface area contributed by atoms with Crippen molar-refractivity contribution in [1.82, 2.24) is 10.2 Å². The monoisotopic (exact) mass is 292 g/mol. The van der Waals surface area contributed by atoms with E-state index >= 15 is 0 Å². The molecular formula is C15H20N2O4. The van der Waals surface area contributed by atoms with Gasteiger partial charge in [0.05, 0.1) is 13.0 Å². The van der Waals surface area contributed by atoms with Crippen molar-refractivity contribution in [1.29, 1.82) is 0 Å². The Hall–Kier alpha value is -2.37. The SMILES string of the molecule is CC(=O)N(CCc1ccccc1)CC(=O)NCCC(=O)O. The summed E-state index contributed by atoms with van der Waals surface area (Å²) in [5.74, 6) is -1.50. The van der Waals surface area contributed by atoms with E-state index in [-0.39, 0.29) is 31.3 Å². The number of aliphatic carboxylic acids is 1. The number of amides is 2. The number of nitrogens with one attached hydrogen (secondary N) is 1. The highest BCUT2D eigenvalue weighted by Gasteiger charge is 2.13. The summed E-state index contributed by atoms with van der Waals surface area (Å²) in [7, 11) is 0. The molecule has 0 saturated carbocycles. The van der Waals surface area contributed by atoms with Crippen LogP contribution in [0.3, 0.4) is 0 Å². The van der Waals surface area contributed by atoms with E-state index in [4.69, 9.17) is 5.11 Å². The molecule has 0 aliphatic carbocycles. The van der Waals surface area contributed by atoms with Gasteiger partial charge in [0.15, 0.2) is 0 Å². The molecule has 6 nitrogen and oxygen atoms in total. The van der Waals surface area contributed by atoms with E-state index in [1.54, 1.807) is 0 Å². The summed E-state index contributed by atoms with van der Waals surface area (Å²) in [6.45, 7) is 1.88. The zero-order valence-electron chi connectivity index (χ0n) is 12.0. The maximum Gasteiger partial charge on any atom is 0.305 e. The number of benzene rings is 1.